The maximum atomic E-state index is 12.8. The van der Waals surface area contributed by atoms with Crippen LogP contribution in [0.3, 0.4) is 0 Å². The van der Waals surface area contributed by atoms with Crippen LogP contribution in [-0.2, 0) is 11.8 Å². The molecule has 0 unspecified atom stereocenters. The molecule has 2 aromatic carbocycles. The molecule has 0 spiro atoms. The summed E-state index contributed by atoms with van der Waals surface area (Å²) in [5, 5.41) is 2.71. The fourth-order valence-electron chi connectivity index (χ4n) is 2.70. The van der Waals surface area contributed by atoms with Crippen molar-refractivity contribution in [2.75, 3.05) is 5.32 Å². The number of aliphatic imine (C=N–C) groups is 1. The molecule has 3 aromatic rings. The Bertz CT molecular complexity index is 1010. The minimum Gasteiger partial charge on any atom is -0.326 e. The molecule has 1 aromatic heterocycles. The summed E-state index contributed by atoms with van der Waals surface area (Å²) in [6, 6.07) is 16.7. The van der Waals surface area contributed by atoms with Gasteiger partial charge in [0.05, 0.1) is 11.4 Å². The maximum Gasteiger partial charge on any atom is 0.297 e. The lowest BCUT2D eigenvalue weighted by Crippen LogP contribution is -2.19. The first-order valence-corrected chi connectivity index (χ1v) is 8.23. The number of aromatic nitrogens is 2. The van der Waals surface area contributed by atoms with E-state index in [4.69, 9.17) is 0 Å². The topological polar surface area (TPSA) is 68.4 Å². The number of amides is 1. The molecule has 1 N–H and O–H groups in total. The zero-order chi connectivity index (χ0) is 18.7. The molecule has 0 aliphatic carbocycles. The van der Waals surface area contributed by atoms with Crippen molar-refractivity contribution in [2.24, 2.45) is 12.0 Å². The second kappa shape index (κ2) is 7.23. The normalized spacial score (nSPS) is 11.0. The van der Waals surface area contributed by atoms with Gasteiger partial charge in [-0.1, -0.05) is 30.3 Å². The summed E-state index contributed by atoms with van der Waals surface area (Å²) in [6.45, 7) is 3.33. The number of hydrogen-bond acceptors (Lipinski definition) is 3. The van der Waals surface area contributed by atoms with Crippen LogP contribution in [0.25, 0.3) is 5.69 Å². The minimum atomic E-state index is -0.165. The van der Waals surface area contributed by atoms with Crippen molar-refractivity contribution < 1.29 is 4.79 Å². The number of benzene rings is 2. The summed E-state index contributed by atoms with van der Waals surface area (Å²) in [4.78, 5) is 28.3. The molecule has 0 saturated carbocycles. The number of nitrogens with zero attached hydrogens (tertiary/aromatic N) is 3. The maximum absolute atomic E-state index is 12.8. The summed E-state index contributed by atoms with van der Waals surface area (Å²) in [5.74, 6) is -0.118. The molecule has 26 heavy (non-hydrogen) atoms. The monoisotopic (exact) mass is 348 g/mol. The molecular weight excluding hydrogens is 328 g/mol. The van der Waals surface area contributed by atoms with Gasteiger partial charge in [-0.25, -0.2) is 9.67 Å². The number of carbonyl (C=O) groups is 1. The van der Waals surface area contributed by atoms with Gasteiger partial charge in [-0.05, 0) is 36.8 Å². The average Bonchev–Trinajstić information content (AvgIpc) is 2.84. The molecule has 132 valence electrons. The number of nitrogens with one attached hydrogen (secondary N) is 1. The molecule has 0 atom stereocenters. The SMILES string of the molecule is CC(=O)Nc1ccc(C=Nc2c(C)n(C)n(-c3ccccc3)c2=O)cc1. The molecule has 6 heteroatoms. The van der Waals surface area contributed by atoms with Gasteiger partial charge >= 0.3 is 0 Å². The van der Waals surface area contributed by atoms with Crippen LogP contribution in [0.4, 0.5) is 11.4 Å². The van der Waals surface area contributed by atoms with E-state index in [0.717, 1.165) is 22.6 Å². The van der Waals surface area contributed by atoms with Gasteiger partial charge in [-0.3, -0.25) is 14.3 Å². The average molecular weight is 348 g/mol. The van der Waals surface area contributed by atoms with Crippen LogP contribution >= 0.6 is 0 Å². The highest BCUT2D eigenvalue weighted by Crippen LogP contribution is 2.17. The van der Waals surface area contributed by atoms with Crippen LogP contribution in [0.1, 0.15) is 18.2 Å². The molecule has 0 aliphatic rings. The van der Waals surface area contributed by atoms with Crippen molar-refractivity contribution in [2.45, 2.75) is 13.8 Å². The molecule has 3 rings (SSSR count). The summed E-state index contributed by atoms with van der Waals surface area (Å²) in [5.41, 5.74) is 3.38. The molecule has 0 bridgehead atoms. The summed E-state index contributed by atoms with van der Waals surface area (Å²) >= 11 is 0. The molecule has 0 saturated heterocycles. The largest absolute Gasteiger partial charge is 0.326 e. The van der Waals surface area contributed by atoms with E-state index >= 15 is 0 Å². The summed E-state index contributed by atoms with van der Waals surface area (Å²) in [7, 11) is 1.84. The Balaban J connectivity index is 1.92. The predicted octanol–water partition coefficient (Wildman–Crippen LogP) is 3.19. The van der Waals surface area contributed by atoms with E-state index in [1.54, 1.807) is 27.7 Å². The van der Waals surface area contributed by atoms with Gasteiger partial charge < -0.3 is 5.32 Å². The third-order valence-corrected chi connectivity index (χ3v) is 4.10. The van der Waals surface area contributed by atoms with Crippen molar-refractivity contribution in [3.63, 3.8) is 0 Å². The third kappa shape index (κ3) is 3.49. The Morgan fingerprint density at radius 3 is 2.35 bits per heavy atom. The lowest BCUT2D eigenvalue weighted by molar-refractivity contribution is -0.114. The van der Waals surface area contributed by atoms with E-state index in [9.17, 15) is 9.59 Å². The summed E-state index contributed by atoms with van der Waals surface area (Å²) in [6.07, 6.45) is 1.65. The van der Waals surface area contributed by atoms with Crippen LogP contribution in [0, 0.1) is 6.92 Å². The third-order valence-electron chi connectivity index (χ3n) is 4.10. The zero-order valence-corrected chi connectivity index (χ0v) is 14.9. The quantitative estimate of drug-likeness (QED) is 0.736. The number of anilines is 1. The second-order valence-electron chi connectivity index (χ2n) is 5.97. The number of rotatable bonds is 4. The van der Waals surface area contributed by atoms with Crippen LogP contribution in [0.15, 0.2) is 64.4 Å². The highest BCUT2D eigenvalue weighted by molar-refractivity contribution is 5.89. The highest BCUT2D eigenvalue weighted by Gasteiger charge is 2.14. The highest BCUT2D eigenvalue weighted by atomic mass is 16.1. The van der Waals surface area contributed by atoms with Gasteiger partial charge in [0.1, 0.15) is 0 Å². The van der Waals surface area contributed by atoms with Gasteiger partial charge in [-0.15, -0.1) is 0 Å². The van der Waals surface area contributed by atoms with Crippen molar-refractivity contribution in [1.29, 1.82) is 0 Å². The van der Waals surface area contributed by atoms with Gasteiger partial charge in [0.15, 0.2) is 5.69 Å². The van der Waals surface area contributed by atoms with Crippen molar-refractivity contribution >= 4 is 23.5 Å². The first-order chi connectivity index (χ1) is 12.5. The molecule has 6 nitrogen and oxygen atoms in total. The van der Waals surface area contributed by atoms with Crippen molar-refractivity contribution in [1.82, 2.24) is 9.36 Å². The molecule has 1 amide bonds. The van der Waals surface area contributed by atoms with Crippen LogP contribution < -0.4 is 10.9 Å². The smallest absolute Gasteiger partial charge is 0.297 e. The van der Waals surface area contributed by atoms with Crippen LogP contribution in [0.5, 0.6) is 0 Å². The Morgan fingerprint density at radius 2 is 1.73 bits per heavy atom. The van der Waals surface area contributed by atoms with Gasteiger partial charge in [-0.2, -0.15) is 0 Å². The standard InChI is InChI=1S/C20H20N4O2/c1-14-19(20(26)24(23(14)3)18-7-5-4-6-8-18)21-13-16-9-11-17(12-10-16)22-15(2)25/h4-13H,1-3H3,(H,22,25). The molecule has 0 radical (unpaired) electrons. The molecule has 1 heterocycles. The first kappa shape index (κ1) is 17.4. The second-order valence-corrected chi connectivity index (χ2v) is 5.97. The molecule has 0 fully saturated rings. The van der Waals surface area contributed by atoms with Gasteiger partial charge in [0, 0.05) is 25.9 Å². The Labute approximate surface area is 151 Å². The van der Waals surface area contributed by atoms with E-state index in [-0.39, 0.29) is 11.5 Å². The van der Waals surface area contributed by atoms with E-state index in [0.29, 0.717) is 5.69 Å². The van der Waals surface area contributed by atoms with E-state index < -0.39 is 0 Å². The fourth-order valence-corrected chi connectivity index (χ4v) is 2.70. The van der Waals surface area contributed by atoms with Crippen LogP contribution in [0.2, 0.25) is 0 Å². The van der Waals surface area contributed by atoms with Crippen molar-refractivity contribution in [3.05, 3.63) is 76.2 Å². The molecular formula is C20H20N4O2. The first-order valence-electron chi connectivity index (χ1n) is 8.23. The number of carbonyl (C=O) groups excluding carboxylic acids is 1. The Morgan fingerprint density at radius 1 is 1.08 bits per heavy atom. The zero-order valence-electron chi connectivity index (χ0n) is 14.9. The lowest BCUT2D eigenvalue weighted by Gasteiger charge is -2.07. The fraction of sp³-hybridized carbons (Fsp3) is 0.150. The van der Waals surface area contributed by atoms with E-state index in [2.05, 4.69) is 10.3 Å². The number of para-hydroxylation sites is 1. The van der Waals surface area contributed by atoms with E-state index in [1.807, 2.05) is 56.4 Å². The van der Waals surface area contributed by atoms with Gasteiger partial charge in [0.2, 0.25) is 5.91 Å². The Kier molecular flexibility index (Phi) is 4.84. The Hall–Kier alpha value is -3.41. The predicted molar refractivity (Wildman–Crippen MR) is 104 cm³/mol. The molecule has 0 aliphatic heterocycles. The minimum absolute atomic E-state index is 0.118. The number of hydrogen-bond donors (Lipinski definition) is 1. The van der Waals surface area contributed by atoms with Crippen LogP contribution in [-0.4, -0.2) is 21.5 Å². The lowest BCUT2D eigenvalue weighted by atomic mass is 10.2. The van der Waals surface area contributed by atoms with Crippen molar-refractivity contribution in [3.8, 4) is 5.69 Å². The van der Waals surface area contributed by atoms with Gasteiger partial charge in [0.25, 0.3) is 5.56 Å². The summed E-state index contributed by atoms with van der Waals surface area (Å²) < 4.78 is 3.39. The van der Waals surface area contributed by atoms with E-state index in [1.165, 1.54) is 6.92 Å².